The van der Waals surface area contributed by atoms with Crippen LogP contribution < -0.4 is 0 Å². The van der Waals surface area contributed by atoms with Crippen LogP contribution in [0.1, 0.15) is 51.4 Å². The summed E-state index contributed by atoms with van der Waals surface area (Å²) in [5.41, 5.74) is 0. The van der Waals surface area contributed by atoms with Crippen LogP contribution in [-0.2, 0) is 14.4 Å². The van der Waals surface area contributed by atoms with Crippen LogP contribution >= 0.6 is 0 Å². The van der Waals surface area contributed by atoms with Crippen molar-refractivity contribution in [3.8, 4) is 0 Å². The Morgan fingerprint density at radius 1 is 1.19 bits per heavy atom. The van der Waals surface area contributed by atoms with Crippen molar-refractivity contribution in [2.45, 2.75) is 51.4 Å². The molecule has 0 aromatic rings. The highest BCUT2D eigenvalue weighted by atomic mass is 16.4. The number of hydrogen-bond acceptors (Lipinski definition) is 3. The minimum absolute atomic E-state index is 0.0491. The summed E-state index contributed by atoms with van der Waals surface area (Å²) in [7, 11) is 0. The number of hydrogen-bond donors (Lipinski definition) is 1. The van der Waals surface area contributed by atoms with Crippen LogP contribution in [0.25, 0.3) is 0 Å². The van der Waals surface area contributed by atoms with E-state index < -0.39 is 5.97 Å². The third-order valence-electron chi connectivity index (χ3n) is 2.99. The van der Waals surface area contributed by atoms with Gasteiger partial charge >= 0.3 is 5.97 Å². The second kappa shape index (κ2) is 6.40. The monoisotopic (exact) mass is 226 g/mol. The first-order valence-corrected chi connectivity index (χ1v) is 5.86. The quantitative estimate of drug-likeness (QED) is 0.532. The van der Waals surface area contributed by atoms with E-state index in [9.17, 15) is 14.4 Å². The van der Waals surface area contributed by atoms with E-state index in [-0.39, 0.29) is 30.3 Å². The molecule has 4 nitrogen and oxygen atoms in total. The molecule has 0 radical (unpaired) electrons. The SMILES string of the molecule is O=C(O)CCCCCCC1CC(=O)CC1=O. The third kappa shape index (κ3) is 4.55. The number of carbonyl (C=O) groups excluding carboxylic acids is 2. The maximum Gasteiger partial charge on any atom is 0.303 e. The molecule has 0 amide bonds. The molecule has 0 bridgehead atoms. The molecular weight excluding hydrogens is 208 g/mol. The van der Waals surface area contributed by atoms with E-state index in [1.165, 1.54) is 0 Å². The van der Waals surface area contributed by atoms with E-state index in [0.29, 0.717) is 12.8 Å². The molecule has 0 aromatic carbocycles. The first-order valence-electron chi connectivity index (χ1n) is 5.86. The molecule has 4 heteroatoms. The molecule has 1 rings (SSSR count). The molecule has 0 saturated heterocycles. The lowest BCUT2D eigenvalue weighted by Gasteiger charge is -2.05. The second-order valence-electron chi connectivity index (χ2n) is 4.43. The van der Waals surface area contributed by atoms with Crippen LogP contribution in [0, 0.1) is 5.92 Å². The highest BCUT2D eigenvalue weighted by Crippen LogP contribution is 2.24. The fourth-order valence-corrected chi connectivity index (χ4v) is 2.08. The summed E-state index contributed by atoms with van der Waals surface area (Å²) in [6.07, 6.45) is 5.03. The van der Waals surface area contributed by atoms with Crippen LogP contribution in [0.4, 0.5) is 0 Å². The van der Waals surface area contributed by atoms with Crippen molar-refractivity contribution in [3.63, 3.8) is 0 Å². The predicted molar refractivity (Wildman–Crippen MR) is 58.1 cm³/mol. The molecule has 1 aliphatic rings. The molecule has 1 fully saturated rings. The second-order valence-corrected chi connectivity index (χ2v) is 4.43. The van der Waals surface area contributed by atoms with Crippen LogP contribution in [0.2, 0.25) is 0 Å². The Kier molecular flexibility index (Phi) is 5.15. The Balaban J connectivity index is 2.01. The number of carboxylic acids is 1. The van der Waals surface area contributed by atoms with Gasteiger partial charge < -0.3 is 5.11 Å². The molecule has 1 saturated carbocycles. The van der Waals surface area contributed by atoms with E-state index >= 15 is 0 Å². The van der Waals surface area contributed by atoms with Crippen molar-refractivity contribution >= 4 is 17.5 Å². The zero-order valence-electron chi connectivity index (χ0n) is 9.41. The van der Waals surface area contributed by atoms with Crippen LogP contribution in [0.3, 0.4) is 0 Å². The average Bonchev–Trinajstić information content (AvgIpc) is 2.50. The summed E-state index contributed by atoms with van der Waals surface area (Å²) in [4.78, 5) is 32.5. The predicted octanol–water partition coefficient (Wildman–Crippen LogP) is 1.96. The summed E-state index contributed by atoms with van der Waals surface area (Å²) < 4.78 is 0. The smallest absolute Gasteiger partial charge is 0.303 e. The van der Waals surface area contributed by atoms with Crippen LogP contribution in [-0.4, -0.2) is 22.6 Å². The number of aliphatic carboxylic acids is 1. The minimum Gasteiger partial charge on any atom is -0.481 e. The Morgan fingerprint density at radius 2 is 1.88 bits per heavy atom. The molecule has 1 unspecified atom stereocenters. The summed E-state index contributed by atoms with van der Waals surface area (Å²) >= 11 is 0. The van der Waals surface area contributed by atoms with Gasteiger partial charge in [-0.15, -0.1) is 0 Å². The number of Topliss-reactive ketones (excluding diaryl/α,β-unsaturated/α-hetero) is 2. The Bertz CT molecular complexity index is 283. The average molecular weight is 226 g/mol. The summed E-state index contributed by atoms with van der Waals surface area (Å²) in [5.74, 6) is -0.639. The first-order chi connectivity index (χ1) is 7.59. The molecule has 1 aliphatic carbocycles. The molecule has 1 atom stereocenters. The summed E-state index contributed by atoms with van der Waals surface area (Å²) in [6.45, 7) is 0. The van der Waals surface area contributed by atoms with Gasteiger partial charge in [-0.2, -0.15) is 0 Å². The molecule has 90 valence electrons. The maximum absolute atomic E-state index is 11.3. The van der Waals surface area contributed by atoms with Gasteiger partial charge in [-0.1, -0.05) is 19.3 Å². The largest absolute Gasteiger partial charge is 0.481 e. The van der Waals surface area contributed by atoms with Crippen molar-refractivity contribution in [1.82, 2.24) is 0 Å². The molecule has 0 heterocycles. The molecule has 16 heavy (non-hydrogen) atoms. The third-order valence-corrected chi connectivity index (χ3v) is 2.99. The van der Waals surface area contributed by atoms with Gasteiger partial charge in [-0.25, -0.2) is 0 Å². The lowest BCUT2D eigenvalue weighted by molar-refractivity contribution is -0.137. The van der Waals surface area contributed by atoms with Gasteiger partial charge in [0.15, 0.2) is 0 Å². The van der Waals surface area contributed by atoms with Gasteiger partial charge in [-0.3, -0.25) is 14.4 Å². The van der Waals surface area contributed by atoms with E-state index in [4.69, 9.17) is 5.11 Å². The van der Waals surface area contributed by atoms with E-state index in [1.54, 1.807) is 0 Å². The van der Waals surface area contributed by atoms with E-state index in [2.05, 4.69) is 0 Å². The number of unbranched alkanes of at least 4 members (excludes halogenated alkanes) is 3. The van der Waals surface area contributed by atoms with Crippen molar-refractivity contribution in [2.24, 2.45) is 5.92 Å². The first kappa shape index (κ1) is 12.9. The van der Waals surface area contributed by atoms with Crippen molar-refractivity contribution < 1.29 is 19.5 Å². The summed E-state index contributed by atoms with van der Waals surface area (Å²) in [6, 6.07) is 0. The normalized spacial score (nSPS) is 20.4. The van der Waals surface area contributed by atoms with Crippen molar-refractivity contribution in [2.75, 3.05) is 0 Å². The molecule has 0 aromatic heterocycles. The van der Waals surface area contributed by atoms with Crippen LogP contribution in [0.5, 0.6) is 0 Å². The lowest BCUT2D eigenvalue weighted by Crippen LogP contribution is -2.05. The van der Waals surface area contributed by atoms with Gasteiger partial charge in [0, 0.05) is 18.8 Å². The molecular formula is C12H18O4. The molecule has 1 N–H and O–H groups in total. The highest BCUT2D eigenvalue weighted by Gasteiger charge is 2.29. The molecule has 0 aliphatic heterocycles. The van der Waals surface area contributed by atoms with Crippen molar-refractivity contribution in [3.05, 3.63) is 0 Å². The van der Waals surface area contributed by atoms with Crippen LogP contribution in [0.15, 0.2) is 0 Å². The Labute approximate surface area is 95.0 Å². The van der Waals surface area contributed by atoms with Crippen molar-refractivity contribution in [1.29, 1.82) is 0 Å². The topological polar surface area (TPSA) is 71.4 Å². The molecule has 0 spiro atoms. The minimum atomic E-state index is -0.753. The highest BCUT2D eigenvalue weighted by molar-refractivity contribution is 6.06. The number of rotatable bonds is 7. The van der Waals surface area contributed by atoms with Gasteiger partial charge in [0.1, 0.15) is 11.6 Å². The standard InChI is InChI=1S/C12H18O4/c13-10-7-9(11(14)8-10)5-3-1-2-4-6-12(15)16/h9H,1-8H2,(H,15,16). The summed E-state index contributed by atoms with van der Waals surface area (Å²) in [5, 5.41) is 8.42. The fourth-order valence-electron chi connectivity index (χ4n) is 2.08. The number of ketones is 2. The van der Waals surface area contributed by atoms with E-state index in [0.717, 1.165) is 25.7 Å². The Morgan fingerprint density at radius 3 is 2.44 bits per heavy atom. The maximum atomic E-state index is 11.3. The number of carbonyl (C=O) groups is 3. The lowest BCUT2D eigenvalue weighted by atomic mass is 9.98. The fraction of sp³-hybridized carbons (Fsp3) is 0.750. The van der Waals surface area contributed by atoms with E-state index in [1.807, 2.05) is 0 Å². The zero-order chi connectivity index (χ0) is 12.0. The Hall–Kier alpha value is -1.19. The van der Waals surface area contributed by atoms with Gasteiger partial charge in [-0.05, 0) is 12.8 Å². The number of carboxylic acid groups (broad SMARTS) is 1. The zero-order valence-corrected chi connectivity index (χ0v) is 9.41. The van der Waals surface area contributed by atoms with Gasteiger partial charge in [0.2, 0.25) is 0 Å². The van der Waals surface area contributed by atoms with Gasteiger partial charge in [0.05, 0.1) is 6.42 Å². The van der Waals surface area contributed by atoms with Gasteiger partial charge in [0.25, 0.3) is 0 Å².